The number of aromatic amines is 1. The summed E-state index contributed by atoms with van der Waals surface area (Å²) >= 11 is 6.08. The molecule has 3 aromatic heterocycles. The summed E-state index contributed by atoms with van der Waals surface area (Å²) in [4.78, 5) is 22.9. The average molecular weight is 465 g/mol. The van der Waals surface area contributed by atoms with Crippen molar-refractivity contribution in [1.29, 1.82) is 0 Å². The van der Waals surface area contributed by atoms with Crippen LogP contribution < -0.4 is 10.5 Å². The van der Waals surface area contributed by atoms with Crippen LogP contribution in [0.4, 0.5) is 5.69 Å². The van der Waals surface area contributed by atoms with Crippen molar-refractivity contribution in [2.45, 2.75) is 12.6 Å². The fourth-order valence-corrected chi connectivity index (χ4v) is 4.50. The van der Waals surface area contributed by atoms with Crippen molar-refractivity contribution in [3.63, 3.8) is 0 Å². The predicted octanol–water partition coefficient (Wildman–Crippen LogP) is 3.94. The number of ether oxygens (including phenoxy) is 2. The molecule has 5 rings (SSSR count). The number of nitrogens with one attached hydrogen (secondary N) is 1. The Labute approximate surface area is 196 Å². The predicted molar refractivity (Wildman–Crippen MR) is 130 cm³/mol. The number of morpholine rings is 1. The fraction of sp³-hybridized carbons (Fsp3) is 0.280. The van der Waals surface area contributed by atoms with E-state index in [0.717, 1.165) is 46.5 Å². The first-order valence-electron chi connectivity index (χ1n) is 10.9. The quantitative estimate of drug-likeness (QED) is 0.468. The smallest absolute Gasteiger partial charge is 0.251 e. The molecule has 0 bridgehead atoms. The fourth-order valence-electron chi connectivity index (χ4n) is 4.28. The number of hydrogen-bond acceptors (Lipinski definition) is 5. The van der Waals surface area contributed by atoms with Crippen LogP contribution in [0.25, 0.3) is 22.2 Å². The first-order valence-corrected chi connectivity index (χ1v) is 11.3. The molecule has 0 aliphatic carbocycles. The average Bonchev–Trinajstić information content (AvgIpc) is 3.24. The largest absolute Gasteiger partial charge is 0.382 e. The van der Waals surface area contributed by atoms with Crippen molar-refractivity contribution in [1.82, 2.24) is 14.5 Å². The zero-order valence-electron chi connectivity index (χ0n) is 18.3. The zero-order valence-corrected chi connectivity index (χ0v) is 19.1. The van der Waals surface area contributed by atoms with Crippen LogP contribution in [-0.2, 0) is 16.0 Å². The summed E-state index contributed by atoms with van der Waals surface area (Å²) in [6.45, 7) is 3.23. The molecule has 1 saturated heterocycles. The standard InChI is InChI=1S/C25H25ClN4O3/c1-32-16-21-15-29(7-8-33-21)20-11-22-23(13-28-25(22)27-12-20)18-5-6-30(24(31)10-18)14-17-3-2-4-19(26)9-17/h2-6,9-13,21H,7-8,14-16H2,1H3,(H,27,28). The van der Waals surface area contributed by atoms with E-state index >= 15 is 0 Å². The number of aromatic nitrogens is 3. The molecular formula is C25H25ClN4O3. The van der Waals surface area contributed by atoms with E-state index in [4.69, 9.17) is 21.1 Å². The molecule has 1 aliphatic rings. The second kappa shape index (κ2) is 9.39. The van der Waals surface area contributed by atoms with Gasteiger partial charge in [-0.1, -0.05) is 23.7 Å². The molecule has 1 aliphatic heterocycles. The number of nitrogens with zero attached hydrogens (tertiary/aromatic N) is 3. The lowest BCUT2D eigenvalue weighted by atomic mass is 10.1. The Morgan fingerprint density at radius 3 is 3.00 bits per heavy atom. The van der Waals surface area contributed by atoms with Crippen LogP contribution in [0, 0.1) is 0 Å². The summed E-state index contributed by atoms with van der Waals surface area (Å²) in [6, 6.07) is 13.3. The number of benzene rings is 1. The van der Waals surface area contributed by atoms with Crippen LogP contribution in [0.5, 0.6) is 0 Å². The molecule has 4 heterocycles. The Morgan fingerprint density at radius 1 is 1.27 bits per heavy atom. The van der Waals surface area contributed by atoms with Gasteiger partial charge in [0.05, 0.1) is 37.7 Å². The maximum Gasteiger partial charge on any atom is 0.251 e. The summed E-state index contributed by atoms with van der Waals surface area (Å²) < 4.78 is 12.7. The van der Waals surface area contributed by atoms with Gasteiger partial charge in [0.2, 0.25) is 0 Å². The number of halogens is 1. The van der Waals surface area contributed by atoms with Gasteiger partial charge in [0.25, 0.3) is 5.56 Å². The third-order valence-corrected chi connectivity index (χ3v) is 6.16. The minimum Gasteiger partial charge on any atom is -0.382 e. The summed E-state index contributed by atoms with van der Waals surface area (Å²) in [6.07, 6.45) is 5.65. The number of H-pyrrole nitrogens is 1. The molecule has 8 heteroatoms. The van der Waals surface area contributed by atoms with Crippen molar-refractivity contribution in [2.75, 3.05) is 38.3 Å². The topological polar surface area (TPSA) is 72.4 Å². The Hall–Kier alpha value is -3.13. The Morgan fingerprint density at radius 2 is 2.18 bits per heavy atom. The first-order chi connectivity index (χ1) is 16.1. The van der Waals surface area contributed by atoms with Gasteiger partial charge in [-0.25, -0.2) is 4.98 Å². The van der Waals surface area contributed by atoms with Crippen LogP contribution in [-0.4, -0.2) is 54.1 Å². The van der Waals surface area contributed by atoms with E-state index in [1.165, 1.54) is 0 Å². The van der Waals surface area contributed by atoms with Crippen molar-refractivity contribution in [2.24, 2.45) is 0 Å². The SMILES string of the molecule is COCC1CN(c2cnc3[nH]cc(-c4ccn(Cc5cccc(Cl)c5)c(=O)c4)c3c2)CCO1. The van der Waals surface area contributed by atoms with E-state index < -0.39 is 0 Å². The maximum absolute atomic E-state index is 12.8. The molecule has 1 N–H and O–H groups in total. The number of hydrogen-bond donors (Lipinski definition) is 1. The van der Waals surface area contributed by atoms with Crippen LogP contribution in [0.2, 0.25) is 5.02 Å². The molecule has 7 nitrogen and oxygen atoms in total. The normalized spacial score (nSPS) is 16.4. The van der Waals surface area contributed by atoms with Gasteiger partial charge in [-0.3, -0.25) is 4.79 Å². The molecule has 1 fully saturated rings. The van der Waals surface area contributed by atoms with Gasteiger partial charge in [0.1, 0.15) is 5.65 Å². The van der Waals surface area contributed by atoms with Crippen molar-refractivity contribution >= 4 is 28.3 Å². The Balaban J connectivity index is 1.43. The van der Waals surface area contributed by atoms with E-state index in [0.29, 0.717) is 24.8 Å². The highest BCUT2D eigenvalue weighted by Gasteiger charge is 2.21. The van der Waals surface area contributed by atoms with Gasteiger partial charge in [-0.15, -0.1) is 0 Å². The highest BCUT2D eigenvalue weighted by molar-refractivity contribution is 6.30. The number of methoxy groups -OCH3 is 1. The number of pyridine rings is 2. The van der Waals surface area contributed by atoms with Gasteiger partial charge in [-0.05, 0) is 35.4 Å². The lowest BCUT2D eigenvalue weighted by Gasteiger charge is -2.34. The molecular weight excluding hydrogens is 440 g/mol. The molecule has 4 aromatic rings. The van der Waals surface area contributed by atoms with E-state index in [1.807, 2.05) is 48.9 Å². The molecule has 0 spiro atoms. The summed E-state index contributed by atoms with van der Waals surface area (Å²) in [5, 5.41) is 1.64. The first kappa shape index (κ1) is 21.7. The Kier molecular flexibility index (Phi) is 6.17. The maximum atomic E-state index is 12.8. The Bertz CT molecular complexity index is 1330. The third kappa shape index (κ3) is 4.66. The summed E-state index contributed by atoms with van der Waals surface area (Å²) in [5.41, 5.74) is 4.54. The molecule has 0 amide bonds. The van der Waals surface area contributed by atoms with Crippen LogP contribution in [0.3, 0.4) is 0 Å². The van der Waals surface area contributed by atoms with Crippen molar-refractivity contribution in [3.05, 3.63) is 82.0 Å². The minimum atomic E-state index is -0.0680. The molecule has 1 aromatic carbocycles. The van der Waals surface area contributed by atoms with E-state index in [9.17, 15) is 4.79 Å². The number of anilines is 1. The highest BCUT2D eigenvalue weighted by atomic mass is 35.5. The third-order valence-electron chi connectivity index (χ3n) is 5.92. The monoisotopic (exact) mass is 464 g/mol. The lowest BCUT2D eigenvalue weighted by molar-refractivity contribution is -0.0100. The summed E-state index contributed by atoms with van der Waals surface area (Å²) in [7, 11) is 1.69. The zero-order chi connectivity index (χ0) is 22.8. The van der Waals surface area contributed by atoms with Crippen LogP contribution in [0.1, 0.15) is 5.56 Å². The molecule has 0 saturated carbocycles. The molecule has 33 heavy (non-hydrogen) atoms. The van der Waals surface area contributed by atoms with Crippen LogP contribution >= 0.6 is 11.6 Å². The van der Waals surface area contributed by atoms with Crippen molar-refractivity contribution in [3.8, 4) is 11.1 Å². The number of fused-ring (bicyclic) bond motifs is 1. The van der Waals surface area contributed by atoms with E-state index in [1.54, 1.807) is 17.7 Å². The van der Waals surface area contributed by atoms with Crippen molar-refractivity contribution < 1.29 is 9.47 Å². The molecule has 1 unspecified atom stereocenters. The van der Waals surface area contributed by atoms with Gasteiger partial charge in [-0.2, -0.15) is 0 Å². The second-order valence-corrected chi connectivity index (χ2v) is 8.63. The van der Waals surface area contributed by atoms with Gasteiger partial charge < -0.3 is 23.9 Å². The lowest BCUT2D eigenvalue weighted by Crippen LogP contribution is -2.44. The highest BCUT2D eigenvalue weighted by Crippen LogP contribution is 2.30. The molecule has 170 valence electrons. The molecule has 0 radical (unpaired) electrons. The number of rotatable bonds is 6. The minimum absolute atomic E-state index is 0.0391. The second-order valence-electron chi connectivity index (χ2n) is 8.20. The van der Waals surface area contributed by atoms with Gasteiger partial charge in [0, 0.05) is 54.6 Å². The summed E-state index contributed by atoms with van der Waals surface area (Å²) in [5.74, 6) is 0. The van der Waals surface area contributed by atoms with E-state index in [2.05, 4.69) is 20.9 Å². The van der Waals surface area contributed by atoms with E-state index in [-0.39, 0.29) is 11.7 Å². The van der Waals surface area contributed by atoms with Crippen LogP contribution in [0.15, 0.2) is 65.8 Å². The van der Waals surface area contributed by atoms with Gasteiger partial charge >= 0.3 is 0 Å². The molecule has 1 atom stereocenters. The van der Waals surface area contributed by atoms with Gasteiger partial charge in [0.15, 0.2) is 0 Å².